The summed E-state index contributed by atoms with van der Waals surface area (Å²) in [6.45, 7) is 5.87. The standard InChI is InChI=1S/C30H32Cl2F3N3O4S/c1-5-20(3)36-29(40)21(4)37(17-22-7-6-8-23(31)15-22)28(39)18-38(43(41,42)25-12-9-19(2)10-13-25)24-11-14-27(32)26(16-24)30(33,34)35/h6-16,20-21H,5,17-18H2,1-4H3,(H,36,40)/t20-,21+/m1/s1. The zero-order chi connectivity index (χ0) is 32.1. The second-order valence-corrected chi connectivity index (χ2v) is 12.8. The number of amides is 2. The van der Waals surface area contributed by atoms with Crippen LogP contribution in [0.5, 0.6) is 0 Å². The average Bonchev–Trinajstić information content (AvgIpc) is 2.94. The molecule has 0 bridgehead atoms. The van der Waals surface area contributed by atoms with Crippen molar-refractivity contribution in [3.05, 3.63) is 93.5 Å². The van der Waals surface area contributed by atoms with Gasteiger partial charge in [-0.2, -0.15) is 13.2 Å². The Bertz CT molecular complexity index is 1570. The van der Waals surface area contributed by atoms with E-state index < -0.39 is 56.9 Å². The molecular weight excluding hydrogens is 626 g/mol. The van der Waals surface area contributed by atoms with E-state index in [1.165, 1.54) is 36.1 Å². The Kier molecular flexibility index (Phi) is 11.1. The summed E-state index contributed by atoms with van der Waals surface area (Å²) in [7, 11) is -4.57. The molecule has 2 atom stereocenters. The first kappa shape index (κ1) is 34.2. The first-order valence-electron chi connectivity index (χ1n) is 13.3. The number of hydrogen-bond donors (Lipinski definition) is 1. The predicted octanol–water partition coefficient (Wildman–Crippen LogP) is 6.85. The number of carbonyl (C=O) groups excluding carboxylic acids is 2. The molecule has 0 aliphatic carbocycles. The minimum absolute atomic E-state index is 0.124. The van der Waals surface area contributed by atoms with E-state index >= 15 is 0 Å². The molecular formula is C30H32Cl2F3N3O4S. The lowest BCUT2D eigenvalue weighted by molar-refractivity contribution is -0.139. The number of rotatable bonds is 11. The number of nitrogens with zero attached hydrogens (tertiary/aromatic N) is 2. The molecule has 7 nitrogen and oxygen atoms in total. The normalized spacial score (nSPS) is 13.2. The summed E-state index contributed by atoms with van der Waals surface area (Å²) in [6, 6.07) is 13.6. The van der Waals surface area contributed by atoms with Gasteiger partial charge in [-0.15, -0.1) is 0 Å². The molecule has 0 aliphatic heterocycles. The van der Waals surface area contributed by atoms with Crippen molar-refractivity contribution in [1.29, 1.82) is 0 Å². The molecule has 3 rings (SSSR count). The van der Waals surface area contributed by atoms with Crippen molar-refractivity contribution in [2.75, 3.05) is 10.8 Å². The second-order valence-electron chi connectivity index (χ2n) is 10.1. The van der Waals surface area contributed by atoms with E-state index in [-0.39, 0.29) is 17.5 Å². The molecule has 3 aromatic rings. The maximum Gasteiger partial charge on any atom is 0.417 e. The number of carbonyl (C=O) groups is 2. The molecule has 43 heavy (non-hydrogen) atoms. The summed E-state index contributed by atoms with van der Waals surface area (Å²) in [5, 5.41) is 2.56. The number of anilines is 1. The highest BCUT2D eigenvalue weighted by atomic mass is 35.5. The molecule has 0 saturated carbocycles. The van der Waals surface area contributed by atoms with Crippen LogP contribution in [-0.4, -0.2) is 43.8 Å². The Balaban J connectivity index is 2.12. The number of benzene rings is 3. The molecule has 0 aromatic heterocycles. The minimum Gasteiger partial charge on any atom is -0.352 e. The topological polar surface area (TPSA) is 86.8 Å². The lowest BCUT2D eigenvalue weighted by Crippen LogP contribution is -2.52. The van der Waals surface area contributed by atoms with Crippen LogP contribution >= 0.6 is 23.2 Å². The molecule has 0 unspecified atom stereocenters. The maximum absolute atomic E-state index is 14.0. The van der Waals surface area contributed by atoms with E-state index in [1.807, 2.05) is 6.92 Å². The molecule has 1 N–H and O–H groups in total. The number of halogens is 5. The summed E-state index contributed by atoms with van der Waals surface area (Å²) in [5.41, 5.74) is -0.380. The Morgan fingerprint density at radius 3 is 2.21 bits per heavy atom. The highest BCUT2D eigenvalue weighted by molar-refractivity contribution is 7.92. The zero-order valence-corrected chi connectivity index (χ0v) is 26.3. The third-order valence-electron chi connectivity index (χ3n) is 6.84. The van der Waals surface area contributed by atoms with Crippen molar-refractivity contribution in [2.45, 2.75) is 63.8 Å². The van der Waals surface area contributed by atoms with Crippen molar-refractivity contribution in [3.8, 4) is 0 Å². The Morgan fingerprint density at radius 1 is 0.977 bits per heavy atom. The summed E-state index contributed by atoms with van der Waals surface area (Å²) in [6.07, 6.45) is -4.26. The van der Waals surface area contributed by atoms with Crippen LogP contribution in [0.15, 0.2) is 71.6 Å². The molecule has 0 saturated heterocycles. The fourth-order valence-electron chi connectivity index (χ4n) is 4.13. The van der Waals surface area contributed by atoms with Gasteiger partial charge in [0, 0.05) is 17.6 Å². The third-order valence-corrected chi connectivity index (χ3v) is 9.19. The lowest BCUT2D eigenvalue weighted by atomic mass is 10.1. The van der Waals surface area contributed by atoms with Gasteiger partial charge in [-0.25, -0.2) is 8.42 Å². The third kappa shape index (κ3) is 8.64. The van der Waals surface area contributed by atoms with Gasteiger partial charge in [0.25, 0.3) is 10.0 Å². The van der Waals surface area contributed by atoms with E-state index in [0.717, 1.165) is 17.7 Å². The first-order chi connectivity index (χ1) is 20.0. The summed E-state index contributed by atoms with van der Waals surface area (Å²) < 4.78 is 69.7. The van der Waals surface area contributed by atoms with Crippen LogP contribution in [0.3, 0.4) is 0 Å². The van der Waals surface area contributed by atoms with E-state index in [9.17, 15) is 31.2 Å². The van der Waals surface area contributed by atoms with Crippen molar-refractivity contribution in [1.82, 2.24) is 10.2 Å². The highest BCUT2D eigenvalue weighted by Gasteiger charge is 2.37. The van der Waals surface area contributed by atoms with Gasteiger partial charge < -0.3 is 10.2 Å². The van der Waals surface area contributed by atoms with E-state index in [2.05, 4.69) is 5.32 Å². The van der Waals surface area contributed by atoms with E-state index in [1.54, 1.807) is 38.1 Å². The Hall–Kier alpha value is -3.28. The number of aryl methyl sites for hydroxylation is 1. The van der Waals surface area contributed by atoms with Gasteiger partial charge in [-0.3, -0.25) is 13.9 Å². The fourth-order valence-corrected chi connectivity index (χ4v) is 5.98. The molecule has 2 amide bonds. The van der Waals surface area contributed by atoms with Gasteiger partial charge in [0.05, 0.1) is 21.2 Å². The maximum atomic E-state index is 14.0. The summed E-state index contributed by atoms with van der Waals surface area (Å²) in [5.74, 6) is -1.31. The van der Waals surface area contributed by atoms with Crippen LogP contribution in [0.4, 0.5) is 18.9 Å². The molecule has 0 spiro atoms. The summed E-state index contributed by atoms with van der Waals surface area (Å²) in [4.78, 5) is 28.0. The van der Waals surface area contributed by atoms with Gasteiger partial charge in [-0.05, 0) is 75.2 Å². The molecule has 3 aromatic carbocycles. The van der Waals surface area contributed by atoms with Crippen LogP contribution < -0.4 is 9.62 Å². The predicted molar refractivity (Wildman–Crippen MR) is 162 cm³/mol. The van der Waals surface area contributed by atoms with E-state index in [0.29, 0.717) is 27.4 Å². The highest BCUT2D eigenvalue weighted by Crippen LogP contribution is 2.38. The zero-order valence-electron chi connectivity index (χ0n) is 24.0. The van der Waals surface area contributed by atoms with Crippen molar-refractivity contribution >= 4 is 50.7 Å². The molecule has 0 aliphatic rings. The summed E-state index contributed by atoms with van der Waals surface area (Å²) >= 11 is 11.9. The van der Waals surface area contributed by atoms with Gasteiger partial charge in [0.1, 0.15) is 12.6 Å². The Labute approximate surface area is 259 Å². The molecule has 0 fully saturated rings. The molecule has 232 valence electrons. The molecule has 13 heteroatoms. The fraction of sp³-hybridized carbons (Fsp3) is 0.333. The SMILES string of the molecule is CC[C@@H](C)NC(=O)[C@H](C)N(Cc1cccc(Cl)c1)C(=O)CN(c1ccc(Cl)c(C(F)(F)F)c1)S(=O)(=O)c1ccc(C)cc1. The second kappa shape index (κ2) is 14.0. The van der Waals surface area contributed by atoms with Gasteiger partial charge in [-0.1, -0.05) is 60.0 Å². The van der Waals surface area contributed by atoms with Gasteiger partial charge in [0.2, 0.25) is 11.8 Å². The Morgan fingerprint density at radius 2 is 1.63 bits per heavy atom. The van der Waals surface area contributed by atoms with Crippen molar-refractivity contribution in [2.24, 2.45) is 0 Å². The van der Waals surface area contributed by atoms with Crippen LogP contribution in [0.2, 0.25) is 10.0 Å². The van der Waals surface area contributed by atoms with Crippen LogP contribution in [-0.2, 0) is 32.3 Å². The van der Waals surface area contributed by atoms with Gasteiger partial charge >= 0.3 is 6.18 Å². The monoisotopic (exact) mass is 657 g/mol. The largest absolute Gasteiger partial charge is 0.417 e. The number of hydrogen-bond acceptors (Lipinski definition) is 4. The van der Waals surface area contributed by atoms with Gasteiger partial charge in [0.15, 0.2) is 0 Å². The minimum atomic E-state index is -4.89. The van der Waals surface area contributed by atoms with Crippen LogP contribution in [0, 0.1) is 6.92 Å². The lowest BCUT2D eigenvalue weighted by Gasteiger charge is -2.32. The van der Waals surface area contributed by atoms with E-state index in [4.69, 9.17) is 23.2 Å². The number of nitrogens with one attached hydrogen (secondary N) is 1. The average molecular weight is 659 g/mol. The first-order valence-corrected chi connectivity index (χ1v) is 15.5. The molecule has 0 heterocycles. The number of sulfonamides is 1. The molecule has 0 radical (unpaired) electrons. The number of alkyl halides is 3. The van der Waals surface area contributed by atoms with Crippen molar-refractivity contribution < 1.29 is 31.2 Å². The van der Waals surface area contributed by atoms with Crippen LogP contribution in [0.25, 0.3) is 0 Å². The van der Waals surface area contributed by atoms with Crippen LogP contribution in [0.1, 0.15) is 43.9 Å². The quantitative estimate of drug-likeness (QED) is 0.244. The smallest absolute Gasteiger partial charge is 0.352 e. The van der Waals surface area contributed by atoms with Crippen molar-refractivity contribution in [3.63, 3.8) is 0 Å².